The summed E-state index contributed by atoms with van der Waals surface area (Å²) in [7, 11) is 0. The van der Waals surface area contributed by atoms with Crippen molar-refractivity contribution < 1.29 is 4.79 Å². The Kier molecular flexibility index (Phi) is 5.31. The number of nitriles is 1. The lowest BCUT2D eigenvalue weighted by Crippen LogP contribution is -2.49. The van der Waals surface area contributed by atoms with Crippen LogP contribution in [0, 0.1) is 28.6 Å². The summed E-state index contributed by atoms with van der Waals surface area (Å²) in [5, 5.41) is 13.9. The fourth-order valence-electron chi connectivity index (χ4n) is 5.90. The normalized spacial score (nSPS) is 25.7. The van der Waals surface area contributed by atoms with Gasteiger partial charge in [0.15, 0.2) is 0 Å². The maximum Gasteiger partial charge on any atom is 0.227 e. The number of nitrogens with zero attached hydrogens (tertiary/aromatic N) is 4. The number of aromatic nitrogens is 1. The van der Waals surface area contributed by atoms with Crippen LogP contribution in [-0.2, 0) is 4.79 Å². The summed E-state index contributed by atoms with van der Waals surface area (Å²) in [5.74, 6) is 0.670. The van der Waals surface area contributed by atoms with E-state index in [4.69, 9.17) is 0 Å². The maximum absolute atomic E-state index is 13.5. The van der Waals surface area contributed by atoms with E-state index in [0.29, 0.717) is 22.8 Å². The van der Waals surface area contributed by atoms with Gasteiger partial charge in [-0.15, -0.1) is 0 Å². The average Bonchev–Trinajstić information content (AvgIpc) is 3.20. The third kappa shape index (κ3) is 3.65. The first-order valence-corrected chi connectivity index (χ1v) is 11.6. The van der Waals surface area contributed by atoms with Crippen LogP contribution in [0.4, 0.5) is 5.69 Å². The Labute approximate surface area is 184 Å². The van der Waals surface area contributed by atoms with Crippen molar-refractivity contribution in [3.8, 4) is 6.07 Å². The molecule has 3 aliphatic heterocycles. The van der Waals surface area contributed by atoms with E-state index in [1.165, 1.54) is 12.8 Å². The smallest absolute Gasteiger partial charge is 0.227 e. The van der Waals surface area contributed by atoms with Crippen LogP contribution in [0.3, 0.4) is 0 Å². The molecule has 1 N–H and O–H groups in total. The number of likely N-dealkylation sites (tertiary alicyclic amines) is 1. The fraction of sp³-hybridized carbons (Fsp3) is 0.560. The van der Waals surface area contributed by atoms with Crippen LogP contribution in [0.5, 0.6) is 0 Å². The van der Waals surface area contributed by atoms with Crippen molar-refractivity contribution in [2.75, 3.05) is 44.2 Å². The van der Waals surface area contributed by atoms with Gasteiger partial charge < -0.3 is 15.1 Å². The van der Waals surface area contributed by atoms with Gasteiger partial charge >= 0.3 is 0 Å². The molecule has 1 unspecified atom stereocenters. The standard InChI is InChI=1S/C25H31N5O/c1-18-16-30(22-5-4-19(15-26)23-20(22)3-2-10-28-23)17-21(18)24(31)29-13-8-25(9-14-29)6-11-27-12-7-25/h2-5,10,18,21,27H,6-9,11-14,16-17H2,1H3/t18-,21?/m1/s1. The monoisotopic (exact) mass is 417 g/mol. The minimum Gasteiger partial charge on any atom is -0.370 e. The number of amides is 1. The quantitative estimate of drug-likeness (QED) is 0.813. The van der Waals surface area contributed by atoms with E-state index in [1.807, 2.05) is 24.3 Å². The Morgan fingerprint density at radius 2 is 1.94 bits per heavy atom. The van der Waals surface area contributed by atoms with Crippen LogP contribution in [0.1, 0.15) is 38.2 Å². The molecule has 3 aliphatic rings. The van der Waals surface area contributed by atoms with E-state index >= 15 is 0 Å². The molecule has 0 bridgehead atoms. The highest BCUT2D eigenvalue weighted by Gasteiger charge is 2.41. The molecule has 162 valence electrons. The minimum atomic E-state index is 0.0319. The van der Waals surface area contributed by atoms with Crippen LogP contribution in [0.15, 0.2) is 30.5 Å². The first-order valence-electron chi connectivity index (χ1n) is 11.6. The Bertz CT molecular complexity index is 1010. The van der Waals surface area contributed by atoms with Gasteiger partial charge in [-0.1, -0.05) is 6.92 Å². The lowest BCUT2D eigenvalue weighted by molar-refractivity contribution is -0.138. The van der Waals surface area contributed by atoms with E-state index < -0.39 is 0 Å². The molecular formula is C25H31N5O. The Balaban J connectivity index is 1.31. The highest BCUT2D eigenvalue weighted by Crippen LogP contribution is 2.41. The zero-order valence-corrected chi connectivity index (χ0v) is 18.3. The topological polar surface area (TPSA) is 72.3 Å². The third-order valence-corrected chi connectivity index (χ3v) is 7.94. The van der Waals surface area contributed by atoms with E-state index in [1.54, 1.807) is 6.20 Å². The molecular weight excluding hydrogens is 386 g/mol. The number of benzene rings is 1. The van der Waals surface area contributed by atoms with Crippen LogP contribution in [-0.4, -0.2) is 55.1 Å². The molecule has 2 aromatic rings. The van der Waals surface area contributed by atoms with Crippen molar-refractivity contribution in [1.29, 1.82) is 5.26 Å². The summed E-state index contributed by atoms with van der Waals surface area (Å²) in [6.45, 7) is 7.85. The number of piperidine rings is 2. The lowest BCUT2D eigenvalue weighted by atomic mass is 9.71. The summed E-state index contributed by atoms with van der Waals surface area (Å²) in [6, 6.07) is 10.1. The number of carbonyl (C=O) groups excluding carboxylic acids is 1. The maximum atomic E-state index is 13.5. The molecule has 0 aliphatic carbocycles. The summed E-state index contributed by atoms with van der Waals surface area (Å²) >= 11 is 0. The predicted molar refractivity (Wildman–Crippen MR) is 122 cm³/mol. The van der Waals surface area contributed by atoms with Crippen LogP contribution >= 0.6 is 0 Å². The zero-order chi connectivity index (χ0) is 21.4. The predicted octanol–water partition coefficient (Wildman–Crippen LogP) is 3.17. The lowest BCUT2D eigenvalue weighted by Gasteiger charge is -2.45. The van der Waals surface area contributed by atoms with Crippen molar-refractivity contribution in [1.82, 2.24) is 15.2 Å². The summed E-state index contributed by atoms with van der Waals surface area (Å²) in [5.41, 5.74) is 2.88. The van der Waals surface area contributed by atoms with Crippen molar-refractivity contribution in [3.63, 3.8) is 0 Å². The molecule has 3 fully saturated rings. The number of fused-ring (bicyclic) bond motifs is 1. The van der Waals surface area contributed by atoms with Gasteiger partial charge in [-0.2, -0.15) is 5.26 Å². The van der Waals surface area contributed by atoms with Crippen molar-refractivity contribution in [3.05, 3.63) is 36.0 Å². The molecule has 1 amide bonds. The summed E-state index contributed by atoms with van der Waals surface area (Å²) in [4.78, 5) is 22.3. The minimum absolute atomic E-state index is 0.0319. The molecule has 5 rings (SSSR count). The van der Waals surface area contributed by atoms with E-state index in [0.717, 1.165) is 68.7 Å². The number of anilines is 1. The second-order valence-corrected chi connectivity index (χ2v) is 9.71. The highest BCUT2D eigenvalue weighted by molar-refractivity contribution is 5.95. The number of carbonyl (C=O) groups is 1. The van der Waals surface area contributed by atoms with Crippen LogP contribution in [0.2, 0.25) is 0 Å². The molecule has 1 aromatic heterocycles. The molecule has 1 aromatic carbocycles. The second kappa shape index (κ2) is 8.12. The van der Waals surface area contributed by atoms with E-state index in [-0.39, 0.29) is 5.92 Å². The van der Waals surface area contributed by atoms with Crippen LogP contribution < -0.4 is 10.2 Å². The Morgan fingerprint density at radius 1 is 1.16 bits per heavy atom. The molecule has 6 nitrogen and oxygen atoms in total. The molecule has 3 saturated heterocycles. The molecule has 6 heteroatoms. The molecule has 2 atom stereocenters. The average molecular weight is 418 g/mol. The summed E-state index contributed by atoms with van der Waals surface area (Å²) in [6.07, 6.45) is 6.54. The van der Waals surface area contributed by atoms with Gasteiger partial charge in [0.25, 0.3) is 0 Å². The molecule has 0 radical (unpaired) electrons. The van der Waals surface area contributed by atoms with Gasteiger partial charge in [-0.3, -0.25) is 9.78 Å². The van der Waals surface area contributed by atoms with Gasteiger partial charge in [0, 0.05) is 43.4 Å². The SMILES string of the molecule is C[C@@H]1CN(c2ccc(C#N)c3ncccc23)CC1C(=O)N1CCC2(CCNCC2)CC1. The Morgan fingerprint density at radius 3 is 2.68 bits per heavy atom. The van der Waals surface area contributed by atoms with E-state index in [2.05, 4.69) is 33.1 Å². The number of nitrogens with one attached hydrogen (secondary N) is 1. The largest absolute Gasteiger partial charge is 0.370 e. The molecule has 0 saturated carbocycles. The second-order valence-electron chi connectivity index (χ2n) is 9.71. The zero-order valence-electron chi connectivity index (χ0n) is 18.3. The van der Waals surface area contributed by atoms with E-state index in [9.17, 15) is 10.1 Å². The molecule has 1 spiro atoms. The van der Waals surface area contributed by atoms with Crippen LogP contribution in [0.25, 0.3) is 10.9 Å². The van der Waals surface area contributed by atoms with Gasteiger partial charge in [0.2, 0.25) is 5.91 Å². The third-order valence-electron chi connectivity index (χ3n) is 7.94. The van der Waals surface area contributed by atoms with Gasteiger partial charge in [-0.05, 0) is 74.4 Å². The van der Waals surface area contributed by atoms with Crippen molar-refractivity contribution in [2.24, 2.45) is 17.3 Å². The first kappa shape index (κ1) is 20.3. The number of hydrogen-bond donors (Lipinski definition) is 1. The molecule has 4 heterocycles. The van der Waals surface area contributed by atoms with Crippen molar-refractivity contribution in [2.45, 2.75) is 32.6 Å². The van der Waals surface area contributed by atoms with Crippen molar-refractivity contribution >= 4 is 22.5 Å². The van der Waals surface area contributed by atoms with Gasteiger partial charge in [0.05, 0.1) is 17.0 Å². The van der Waals surface area contributed by atoms with Gasteiger partial charge in [-0.25, -0.2) is 0 Å². The number of rotatable bonds is 2. The number of pyridine rings is 1. The van der Waals surface area contributed by atoms with Gasteiger partial charge in [0.1, 0.15) is 6.07 Å². The first-order chi connectivity index (χ1) is 15.1. The molecule has 31 heavy (non-hydrogen) atoms. The highest BCUT2D eigenvalue weighted by atomic mass is 16.2. The fourth-order valence-corrected chi connectivity index (χ4v) is 5.90. The number of hydrogen-bond acceptors (Lipinski definition) is 5. The summed E-state index contributed by atoms with van der Waals surface area (Å²) < 4.78 is 0. The Hall–Kier alpha value is -2.65.